The van der Waals surface area contributed by atoms with Crippen molar-refractivity contribution in [2.45, 2.75) is 19.0 Å². The number of hydrogen-bond donors (Lipinski definition) is 1. The Morgan fingerprint density at radius 3 is 1.08 bits per heavy atom. The van der Waals surface area contributed by atoms with Crippen molar-refractivity contribution in [3.05, 3.63) is 161 Å². The molecule has 0 aliphatic rings. The summed E-state index contributed by atoms with van der Waals surface area (Å²) in [6.07, 6.45) is -1.81. The van der Waals surface area contributed by atoms with Gasteiger partial charge in [-0.25, -0.2) is 17.6 Å². The Labute approximate surface area is 282 Å². The molecule has 4 nitrogen and oxygen atoms in total. The van der Waals surface area contributed by atoms with Crippen LogP contribution in [0.4, 0.5) is 23.2 Å². The monoisotopic (exact) mass is 675 g/mol. The van der Waals surface area contributed by atoms with E-state index < -0.39 is 48.9 Å². The lowest BCUT2D eigenvalue weighted by Gasteiger charge is -2.42. The molecule has 0 aromatic heterocycles. The highest BCUT2D eigenvalue weighted by Crippen LogP contribution is 2.27. The number of halogens is 4. The van der Waals surface area contributed by atoms with Crippen molar-refractivity contribution in [1.29, 1.82) is 0 Å². The third-order valence-corrected chi connectivity index (χ3v) is 11.4. The highest BCUT2D eigenvalue weighted by Gasteiger charge is 2.49. The van der Waals surface area contributed by atoms with Crippen LogP contribution >= 0.6 is 0 Å². The summed E-state index contributed by atoms with van der Waals surface area (Å²) in [6.45, 7) is 0. The highest BCUT2D eigenvalue weighted by molar-refractivity contribution is 6.90. The Balaban J connectivity index is 0.000000500. The molecule has 0 aliphatic heterocycles. The second-order valence-corrected chi connectivity index (χ2v) is 15.0. The Hall–Kier alpha value is -4.06. The van der Waals surface area contributed by atoms with Gasteiger partial charge in [-0.1, -0.05) is 126 Å². The van der Waals surface area contributed by atoms with Gasteiger partial charge in [0.2, 0.25) is 0 Å². The maximum absolute atomic E-state index is 16.3. The molecule has 1 N–H and O–H groups in total. The van der Waals surface area contributed by atoms with E-state index in [1.165, 1.54) is 10.6 Å². The van der Waals surface area contributed by atoms with E-state index in [4.69, 9.17) is 13.3 Å². The van der Waals surface area contributed by atoms with Crippen molar-refractivity contribution in [1.82, 2.24) is 0 Å². The van der Waals surface area contributed by atoms with Gasteiger partial charge in [-0.2, -0.15) is 0 Å². The first-order chi connectivity index (χ1) is 23.1. The lowest BCUT2D eigenvalue weighted by Crippen LogP contribution is -3.00. The van der Waals surface area contributed by atoms with Gasteiger partial charge in [0.15, 0.2) is 11.6 Å². The van der Waals surface area contributed by atoms with Crippen LogP contribution in [0.25, 0.3) is 0 Å². The highest BCUT2D eigenvalue weighted by atomic mass is 28.4. The van der Waals surface area contributed by atoms with Crippen molar-refractivity contribution < 1.29 is 35.7 Å². The van der Waals surface area contributed by atoms with Gasteiger partial charge in [-0.05, 0) is 12.1 Å². The summed E-state index contributed by atoms with van der Waals surface area (Å²) >= 11 is 0. The van der Waals surface area contributed by atoms with Crippen LogP contribution in [0.5, 0.6) is 0 Å². The van der Waals surface area contributed by atoms with Gasteiger partial charge in [-0.15, -0.1) is 24.4 Å². The van der Waals surface area contributed by atoms with E-state index in [1.807, 2.05) is 97.1 Å². The third kappa shape index (κ3) is 8.32. The normalized spacial score (nSPS) is 11.7. The summed E-state index contributed by atoms with van der Waals surface area (Å²) in [5, 5.41) is -0.988. The molecule has 0 atom stereocenters. The minimum Gasteiger partial charge on any atom is -0.373 e. The maximum atomic E-state index is 16.3. The number of nitrogens with one attached hydrogen (secondary N) is 1. The SMILES string of the molecule is CO[Si](OC)(OC)c1c(F)c(F)c([B-](Cc2ccccc2)(Cc2ccccc2)Cc2ccccc2)c(F)c1F.C[NH+](C)c1ccccc1. The number of quaternary nitrogens is 1. The Kier molecular flexibility index (Phi) is 12.9. The predicted molar refractivity (Wildman–Crippen MR) is 187 cm³/mol. The molecule has 0 radical (unpaired) electrons. The fourth-order valence-electron chi connectivity index (χ4n) is 6.50. The Morgan fingerprint density at radius 1 is 0.500 bits per heavy atom. The van der Waals surface area contributed by atoms with Crippen LogP contribution in [0, 0.1) is 23.3 Å². The molecule has 5 aromatic carbocycles. The number of rotatable bonds is 12. The third-order valence-electron chi connectivity index (χ3n) is 8.78. The topological polar surface area (TPSA) is 32.1 Å². The van der Waals surface area contributed by atoms with Crippen molar-refractivity contribution in [2.75, 3.05) is 35.4 Å². The van der Waals surface area contributed by atoms with Crippen LogP contribution in [0.1, 0.15) is 16.7 Å². The summed E-state index contributed by atoms with van der Waals surface area (Å²) in [4.78, 5) is 1.37. The van der Waals surface area contributed by atoms with Crippen molar-refractivity contribution in [2.24, 2.45) is 0 Å². The Bertz CT molecular complexity index is 1590. The lowest BCUT2D eigenvalue weighted by atomic mass is 9.15. The quantitative estimate of drug-likeness (QED) is 0.103. The maximum Gasteiger partial charge on any atom is 0.542 e. The van der Waals surface area contributed by atoms with Crippen molar-refractivity contribution in [3.8, 4) is 0 Å². The van der Waals surface area contributed by atoms with Gasteiger partial charge in [0, 0.05) is 27.5 Å². The summed E-state index contributed by atoms with van der Waals surface area (Å²) < 4.78 is 80.1. The average molecular weight is 676 g/mol. The molecular formula is C38H42BF4NO3Si. The molecule has 5 rings (SSSR count). The van der Waals surface area contributed by atoms with Crippen LogP contribution < -0.4 is 15.5 Å². The van der Waals surface area contributed by atoms with E-state index >= 15 is 17.6 Å². The van der Waals surface area contributed by atoms with Crippen LogP contribution in [0.3, 0.4) is 0 Å². The molecule has 252 valence electrons. The van der Waals surface area contributed by atoms with Gasteiger partial charge < -0.3 is 18.2 Å². The van der Waals surface area contributed by atoms with Crippen LogP contribution in [-0.4, -0.2) is 50.4 Å². The van der Waals surface area contributed by atoms with Gasteiger partial charge in [-0.3, -0.25) is 0 Å². The summed E-state index contributed by atoms with van der Waals surface area (Å²) in [5.74, 6) is -6.06. The molecule has 0 spiro atoms. The molecule has 0 heterocycles. The fraction of sp³-hybridized carbons (Fsp3) is 0.211. The fourth-order valence-corrected chi connectivity index (χ4v) is 8.37. The molecule has 10 heteroatoms. The average Bonchev–Trinajstić information content (AvgIpc) is 3.11. The second kappa shape index (κ2) is 16.9. The molecule has 0 fully saturated rings. The molecule has 48 heavy (non-hydrogen) atoms. The summed E-state index contributed by atoms with van der Waals surface area (Å²) in [5.41, 5.74) is 3.11. The number of benzene rings is 5. The van der Waals surface area contributed by atoms with Crippen LogP contribution in [0.2, 0.25) is 0 Å². The largest absolute Gasteiger partial charge is 0.542 e. The second-order valence-electron chi connectivity index (χ2n) is 12.1. The first kappa shape index (κ1) is 36.8. The van der Waals surface area contributed by atoms with Crippen LogP contribution in [-0.2, 0) is 32.2 Å². The Morgan fingerprint density at radius 2 is 0.812 bits per heavy atom. The molecule has 0 amide bonds. The predicted octanol–water partition coefficient (Wildman–Crippen LogP) is 5.79. The van der Waals surface area contributed by atoms with E-state index in [1.54, 1.807) is 0 Å². The van der Waals surface area contributed by atoms with Crippen molar-refractivity contribution >= 4 is 31.3 Å². The molecular weight excluding hydrogens is 633 g/mol. The zero-order valence-electron chi connectivity index (χ0n) is 28.0. The molecule has 0 saturated carbocycles. The van der Waals surface area contributed by atoms with Gasteiger partial charge in [0.1, 0.15) is 17.3 Å². The standard InChI is InChI=1S/C30H30BF4O3Si.C8H11N/c1-36-39(37-2,38-3)30-28(34)26(32)25(27(33)29(30)35)31(19-22-13-7-4-8-14-22,20-23-15-9-5-10-16-23)21-24-17-11-6-12-18-24;1-9(2)8-6-4-3-5-7-8/h4-18H,19-21H2,1-3H3;3-7H,1-2H3/q-1;/p+1. The first-order valence-electron chi connectivity index (χ1n) is 15.8. The van der Waals surface area contributed by atoms with E-state index in [2.05, 4.69) is 38.4 Å². The molecule has 0 bridgehead atoms. The summed E-state index contributed by atoms with van der Waals surface area (Å²) in [7, 11) is 3.33. The molecule has 5 aromatic rings. The minimum absolute atomic E-state index is 0.179. The van der Waals surface area contributed by atoms with Gasteiger partial charge in [0.25, 0.3) is 0 Å². The van der Waals surface area contributed by atoms with Crippen molar-refractivity contribution in [3.63, 3.8) is 0 Å². The number of hydrogen-bond acceptors (Lipinski definition) is 3. The van der Waals surface area contributed by atoms with Gasteiger partial charge in [0.05, 0.1) is 19.3 Å². The lowest BCUT2D eigenvalue weighted by molar-refractivity contribution is -0.786. The zero-order valence-corrected chi connectivity index (χ0v) is 29.0. The molecule has 0 saturated heterocycles. The summed E-state index contributed by atoms with van der Waals surface area (Å²) in [6, 6.07) is 38.0. The molecule has 0 unspecified atom stereocenters. The smallest absolute Gasteiger partial charge is 0.373 e. The van der Waals surface area contributed by atoms with E-state index in [9.17, 15) is 0 Å². The zero-order chi connectivity index (χ0) is 34.7. The van der Waals surface area contributed by atoms with Crippen LogP contribution in [0.15, 0.2) is 121 Å². The van der Waals surface area contributed by atoms with E-state index in [-0.39, 0.29) is 19.0 Å². The van der Waals surface area contributed by atoms with E-state index in [0.29, 0.717) is 0 Å². The van der Waals surface area contributed by atoms with Gasteiger partial charge >= 0.3 is 8.80 Å². The number of para-hydroxylation sites is 1. The molecule has 0 aliphatic carbocycles. The first-order valence-corrected chi connectivity index (χ1v) is 17.5. The van der Waals surface area contributed by atoms with E-state index in [0.717, 1.165) is 38.0 Å². The minimum atomic E-state index is -4.27.